The first-order chi connectivity index (χ1) is 10.8. The van der Waals surface area contributed by atoms with Crippen molar-refractivity contribution in [1.82, 2.24) is 9.80 Å². The average molecular weight is 312 g/mol. The molecule has 0 aliphatic carbocycles. The third-order valence-corrected chi connectivity index (χ3v) is 4.74. The van der Waals surface area contributed by atoms with E-state index in [4.69, 9.17) is 9.47 Å². The Balaban J connectivity index is 1.60. The zero-order valence-corrected chi connectivity index (χ0v) is 14.1. The van der Waals surface area contributed by atoms with Gasteiger partial charge in [-0.25, -0.2) is 0 Å². The Kier molecular flexibility index (Phi) is 8.20. The van der Waals surface area contributed by atoms with Crippen LogP contribution in [0.2, 0.25) is 0 Å². The van der Waals surface area contributed by atoms with E-state index in [1.54, 1.807) is 0 Å². The second-order valence-electron chi connectivity index (χ2n) is 6.34. The third-order valence-electron chi connectivity index (χ3n) is 4.74. The fraction of sp³-hybridized carbons (Fsp3) is 0.941. The molecule has 128 valence electrons. The Labute approximate surface area is 134 Å². The Bertz CT molecular complexity index is 319. The lowest BCUT2D eigenvalue weighted by Crippen LogP contribution is -2.41. The van der Waals surface area contributed by atoms with Gasteiger partial charge in [-0.15, -0.1) is 0 Å². The summed E-state index contributed by atoms with van der Waals surface area (Å²) in [6, 6.07) is 0.734. The Morgan fingerprint density at radius 1 is 1.14 bits per heavy atom. The molecule has 2 aliphatic heterocycles. The molecule has 0 aromatic rings. The molecule has 0 bridgehead atoms. The van der Waals surface area contributed by atoms with Crippen LogP contribution in [-0.2, 0) is 14.3 Å². The summed E-state index contributed by atoms with van der Waals surface area (Å²) >= 11 is 0. The molecule has 0 spiro atoms. The second-order valence-corrected chi connectivity index (χ2v) is 6.34. The summed E-state index contributed by atoms with van der Waals surface area (Å²) in [6.45, 7) is 10.1. The maximum Gasteiger partial charge on any atom is 0.305 e. The Hall–Kier alpha value is -0.650. The van der Waals surface area contributed by atoms with Crippen molar-refractivity contribution in [2.75, 3.05) is 52.5 Å². The zero-order valence-electron chi connectivity index (χ0n) is 14.1. The smallest absolute Gasteiger partial charge is 0.305 e. The lowest BCUT2D eigenvalue weighted by molar-refractivity contribution is -0.143. The summed E-state index contributed by atoms with van der Waals surface area (Å²) < 4.78 is 10.4. The second kappa shape index (κ2) is 10.2. The van der Waals surface area contributed by atoms with Crippen LogP contribution in [0.3, 0.4) is 0 Å². The molecule has 0 N–H and O–H groups in total. The van der Waals surface area contributed by atoms with Crippen molar-refractivity contribution >= 4 is 5.97 Å². The van der Waals surface area contributed by atoms with Crippen molar-refractivity contribution in [1.29, 1.82) is 0 Å². The van der Waals surface area contributed by atoms with Crippen LogP contribution in [0.25, 0.3) is 0 Å². The van der Waals surface area contributed by atoms with Gasteiger partial charge >= 0.3 is 5.97 Å². The van der Waals surface area contributed by atoms with Crippen LogP contribution in [-0.4, -0.2) is 74.4 Å². The Morgan fingerprint density at radius 2 is 1.95 bits per heavy atom. The molecule has 2 fully saturated rings. The maximum absolute atomic E-state index is 11.3. The van der Waals surface area contributed by atoms with Gasteiger partial charge in [-0.2, -0.15) is 0 Å². The van der Waals surface area contributed by atoms with Crippen molar-refractivity contribution in [2.45, 2.75) is 51.5 Å². The van der Waals surface area contributed by atoms with E-state index < -0.39 is 0 Å². The molecular formula is C17H32N2O3. The number of nitrogens with zero attached hydrogens (tertiary/aromatic N) is 2. The van der Waals surface area contributed by atoms with E-state index in [0.29, 0.717) is 13.0 Å². The fourth-order valence-electron chi connectivity index (χ4n) is 3.47. The average Bonchev–Trinajstić information content (AvgIpc) is 2.78. The van der Waals surface area contributed by atoms with E-state index in [1.807, 2.05) is 6.92 Å². The summed E-state index contributed by atoms with van der Waals surface area (Å²) in [7, 11) is 0. The topological polar surface area (TPSA) is 42.0 Å². The van der Waals surface area contributed by atoms with Crippen LogP contribution >= 0.6 is 0 Å². The van der Waals surface area contributed by atoms with E-state index in [9.17, 15) is 4.79 Å². The molecule has 0 unspecified atom stereocenters. The van der Waals surface area contributed by atoms with E-state index in [2.05, 4.69) is 9.80 Å². The van der Waals surface area contributed by atoms with Crippen molar-refractivity contribution in [3.63, 3.8) is 0 Å². The van der Waals surface area contributed by atoms with Crippen molar-refractivity contribution in [3.8, 4) is 0 Å². The fourth-order valence-corrected chi connectivity index (χ4v) is 3.47. The first-order valence-corrected chi connectivity index (χ1v) is 8.99. The predicted octanol–water partition coefficient (Wildman–Crippen LogP) is 1.91. The van der Waals surface area contributed by atoms with Gasteiger partial charge in [-0.1, -0.05) is 0 Å². The highest BCUT2D eigenvalue weighted by molar-refractivity contribution is 5.69. The van der Waals surface area contributed by atoms with Crippen molar-refractivity contribution in [2.24, 2.45) is 0 Å². The number of rotatable bonds is 7. The monoisotopic (exact) mass is 312 g/mol. The van der Waals surface area contributed by atoms with Gasteiger partial charge < -0.3 is 14.4 Å². The minimum Gasteiger partial charge on any atom is -0.466 e. The normalized spacial score (nSPS) is 22.4. The van der Waals surface area contributed by atoms with Crippen LogP contribution in [0.5, 0.6) is 0 Å². The molecule has 0 atom stereocenters. The molecule has 22 heavy (non-hydrogen) atoms. The minimum absolute atomic E-state index is 0.0518. The van der Waals surface area contributed by atoms with E-state index in [1.165, 1.54) is 38.9 Å². The summed E-state index contributed by atoms with van der Waals surface area (Å²) in [5.41, 5.74) is 0. The van der Waals surface area contributed by atoms with Gasteiger partial charge in [0.15, 0.2) is 0 Å². The summed E-state index contributed by atoms with van der Waals surface area (Å²) in [5, 5.41) is 0. The first kappa shape index (κ1) is 17.7. The van der Waals surface area contributed by atoms with Gasteiger partial charge in [0.25, 0.3) is 0 Å². The number of ether oxygens (including phenoxy) is 2. The van der Waals surface area contributed by atoms with Crippen LogP contribution in [0.15, 0.2) is 0 Å². The maximum atomic E-state index is 11.3. The number of carbonyl (C=O) groups excluding carboxylic acids is 1. The first-order valence-electron chi connectivity index (χ1n) is 8.99. The molecule has 0 amide bonds. The number of hydrogen-bond acceptors (Lipinski definition) is 5. The van der Waals surface area contributed by atoms with E-state index in [-0.39, 0.29) is 5.97 Å². The van der Waals surface area contributed by atoms with Crippen LogP contribution in [0, 0.1) is 0 Å². The summed E-state index contributed by atoms with van der Waals surface area (Å²) in [5.74, 6) is -0.0518. The molecule has 2 aliphatic rings. The van der Waals surface area contributed by atoms with Gasteiger partial charge in [-0.05, 0) is 58.7 Å². The lowest BCUT2D eigenvalue weighted by Gasteiger charge is -2.33. The quantitative estimate of drug-likeness (QED) is 0.530. The number of esters is 1. The third kappa shape index (κ3) is 6.23. The highest BCUT2D eigenvalue weighted by Crippen LogP contribution is 2.16. The summed E-state index contributed by atoms with van der Waals surface area (Å²) in [6.07, 6.45) is 6.25. The van der Waals surface area contributed by atoms with Gasteiger partial charge in [0.2, 0.25) is 0 Å². The minimum atomic E-state index is -0.0518. The highest BCUT2D eigenvalue weighted by Gasteiger charge is 2.23. The summed E-state index contributed by atoms with van der Waals surface area (Å²) in [4.78, 5) is 16.5. The molecule has 0 radical (unpaired) electrons. The molecular weight excluding hydrogens is 280 g/mol. The number of carbonyl (C=O) groups is 1. The zero-order chi connectivity index (χ0) is 15.6. The van der Waals surface area contributed by atoms with Gasteiger partial charge in [-0.3, -0.25) is 9.69 Å². The molecule has 0 saturated carbocycles. The van der Waals surface area contributed by atoms with Gasteiger partial charge in [0.05, 0.1) is 6.61 Å². The molecule has 2 rings (SSSR count). The SMILES string of the molecule is CCOC(=O)CCCCN1CCCN(C2CCOCC2)CC1. The molecule has 5 nitrogen and oxygen atoms in total. The highest BCUT2D eigenvalue weighted by atomic mass is 16.5. The van der Waals surface area contributed by atoms with Crippen molar-refractivity contribution < 1.29 is 14.3 Å². The molecule has 2 saturated heterocycles. The molecule has 0 aromatic heterocycles. The predicted molar refractivity (Wildman–Crippen MR) is 87.0 cm³/mol. The van der Waals surface area contributed by atoms with Crippen molar-refractivity contribution in [3.05, 3.63) is 0 Å². The van der Waals surface area contributed by atoms with Gasteiger partial charge in [0, 0.05) is 38.8 Å². The number of unbranched alkanes of at least 4 members (excludes halogenated alkanes) is 1. The van der Waals surface area contributed by atoms with Crippen LogP contribution in [0.1, 0.15) is 45.4 Å². The molecule has 0 aromatic carbocycles. The standard InChI is InChI=1S/C17H32N2O3/c1-2-22-17(20)6-3-4-9-18-10-5-11-19(13-12-18)16-7-14-21-15-8-16/h16H,2-15H2,1H3. The lowest BCUT2D eigenvalue weighted by atomic mass is 10.1. The molecule has 2 heterocycles. The van der Waals surface area contributed by atoms with Crippen LogP contribution in [0.4, 0.5) is 0 Å². The molecule has 5 heteroatoms. The largest absolute Gasteiger partial charge is 0.466 e. The number of hydrogen-bond donors (Lipinski definition) is 0. The Morgan fingerprint density at radius 3 is 2.73 bits per heavy atom. The van der Waals surface area contributed by atoms with Gasteiger partial charge in [0.1, 0.15) is 0 Å². The van der Waals surface area contributed by atoms with E-state index >= 15 is 0 Å². The van der Waals surface area contributed by atoms with E-state index in [0.717, 1.165) is 45.2 Å². The van der Waals surface area contributed by atoms with Crippen LogP contribution < -0.4 is 0 Å².